The van der Waals surface area contributed by atoms with Crippen LogP contribution >= 0.6 is 12.2 Å². The molecule has 2 aromatic carbocycles. The molecule has 3 rings (SSSR count). The van der Waals surface area contributed by atoms with Crippen molar-refractivity contribution in [3.05, 3.63) is 47.2 Å². The van der Waals surface area contributed by atoms with Crippen molar-refractivity contribution in [2.75, 3.05) is 0 Å². The lowest BCUT2D eigenvalue weighted by atomic mass is 10.1. The predicted octanol–water partition coefficient (Wildman–Crippen LogP) is 2.09. The van der Waals surface area contributed by atoms with Crippen LogP contribution in [0, 0.1) is 4.77 Å². The topological polar surface area (TPSA) is 72.8 Å². The molecule has 100 valence electrons. The van der Waals surface area contributed by atoms with E-state index in [0.717, 1.165) is 10.8 Å². The summed E-state index contributed by atoms with van der Waals surface area (Å²) in [5.74, 6) is 0.0510. The van der Waals surface area contributed by atoms with E-state index in [0.29, 0.717) is 5.75 Å². The van der Waals surface area contributed by atoms with E-state index in [2.05, 4.69) is 15.5 Å². The molecule has 0 aliphatic rings. The van der Waals surface area contributed by atoms with Gasteiger partial charge in [-0.3, -0.25) is 0 Å². The molecular formula is C13H10N4O2S. The van der Waals surface area contributed by atoms with Gasteiger partial charge in [-0.15, -0.1) is 0 Å². The Balaban J connectivity index is 1.77. The molecule has 1 heterocycles. The van der Waals surface area contributed by atoms with Crippen LogP contribution in [0.3, 0.4) is 0 Å². The zero-order chi connectivity index (χ0) is 13.9. The highest BCUT2D eigenvalue weighted by molar-refractivity contribution is 7.71. The number of ether oxygens (including phenoxy) is 1. The summed E-state index contributed by atoms with van der Waals surface area (Å²) in [5.41, 5.74) is 0. The number of nitrogens with one attached hydrogen (secondary N) is 1. The van der Waals surface area contributed by atoms with E-state index in [1.807, 2.05) is 36.4 Å². The zero-order valence-electron chi connectivity index (χ0n) is 10.3. The molecule has 6 nitrogen and oxygen atoms in total. The van der Waals surface area contributed by atoms with Crippen molar-refractivity contribution in [3.63, 3.8) is 0 Å². The molecular weight excluding hydrogens is 276 g/mol. The van der Waals surface area contributed by atoms with Crippen molar-refractivity contribution >= 4 is 29.0 Å². The van der Waals surface area contributed by atoms with Gasteiger partial charge in [0, 0.05) is 0 Å². The molecule has 0 unspecified atom stereocenters. The molecule has 0 atom stereocenters. The molecule has 0 amide bonds. The van der Waals surface area contributed by atoms with E-state index in [1.54, 1.807) is 6.07 Å². The van der Waals surface area contributed by atoms with Gasteiger partial charge in [-0.2, -0.15) is 5.21 Å². The maximum atomic E-state index is 11.8. The maximum absolute atomic E-state index is 11.8. The highest BCUT2D eigenvalue weighted by Crippen LogP contribution is 2.20. The third-order valence-corrected chi connectivity index (χ3v) is 3.07. The van der Waals surface area contributed by atoms with Crippen LogP contribution in [0.5, 0.6) is 5.75 Å². The van der Waals surface area contributed by atoms with Gasteiger partial charge in [-0.25, -0.2) is 9.48 Å². The standard InChI is InChI=1S/C13H10N4O2S/c18-12(8-17-13(20)14-15-16-17)19-11-6-5-9-3-1-2-4-10(9)7-11/h1-7H,8H2,(H,14,16,20). The number of benzene rings is 2. The minimum Gasteiger partial charge on any atom is -0.425 e. The number of H-pyrrole nitrogens is 1. The fourth-order valence-corrected chi connectivity index (χ4v) is 1.99. The molecule has 0 aliphatic carbocycles. The number of hydrogen-bond acceptors (Lipinski definition) is 5. The van der Waals surface area contributed by atoms with Gasteiger partial charge in [0.1, 0.15) is 12.3 Å². The van der Waals surface area contributed by atoms with E-state index in [-0.39, 0.29) is 11.3 Å². The molecule has 0 bridgehead atoms. The minimum atomic E-state index is -0.442. The first kappa shape index (κ1) is 12.5. The number of nitrogens with zero attached hydrogens (tertiary/aromatic N) is 3. The van der Waals surface area contributed by atoms with Crippen LogP contribution in [0.15, 0.2) is 42.5 Å². The van der Waals surface area contributed by atoms with Gasteiger partial charge in [-0.05, 0) is 35.1 Å². The number of carbonyl (C=O) groups is 1. The van der Waals surface area contributed by atoms with Crippen molar-refractivity contribution in [3.8, 4) is 5.75 Å². The maximum Gasteiger partial charge on any atom is 0.333 e. The SMILES string of the molecule is O=C(Cn1[nH]nnc1=S)Oc1ccc2ccccc2c1. The first-order chi connectivity index (χ1) is 9.72. The van der Waals surface area contributed by atoms with Crippen molar-refractivity contribution in [2.45, 2.75) is 6.54 Å². The average Bonchev–Trinajstić information content (AvgIpc) is 2.84. The molecule has 0 aliphatic heterocycles. The van der Waals surface area contributed by atoms with Crippen LogP contribution in [-0.4, -0.2) is 26.2 Å². The van der Waals surface area contributed by atoms with Crippen LogP contribution in [-0.2, 0) is 11.3 Å². The van der Waals surface area contributed by atoms with Gasteiger partial charge in [0.05, 0.1) is 0 Å². The van der Waals surface area contributed by atoms with Crippen molar-refractivity contribution < 1.29 is 9.53 Å². The van der Waals surface area contributed by atoms with Crippen LogP contribution in [0.2, 0.25) is 0 Å². The number of rotatable bonds is 3. The van der Waals surface area contributed by atoms with E-state index >= 15 is 0 Å². The molecule has 0 spiro atoms. The predicted molar refractivity (Wildman–Crippen MR) is 74.8 cm³/mol. The van der Waals surface area contributed by atoms with Gasteiger partial charge in [0.25, 0.3) is 0 Å². The van der Waals surface area contributed by atoms with Crippen LogP contribution < -0.4 is 4.74 Å². The molecule has 3 aromatic rings. The average molecular weight is 286 g/mol. The van der Waals surface area contributed by atoms with E-state index in [1.165, 1.54) is 4.68 Å². The van der Waals surface area contributed by atoms with Gasteiger partial charge < -0.3 is 4.74 Å². The van der Waals surface area contributed by atoms with Crippen molar-refractivity contribution in [2.24, 2.45) is 0 Å². The fraction of sp³-hybridized carbons (Fsp3) is 0.0769. The summed E-state index contributed by atoms with van der Waals surface area (Å²) in [4.78, 5) is 11.8. The number of hydrogen-bond donors (Lipinski definition) is 1. The normalized spacial score (nSPS) is 10.6. The quantitative estimate of drug-likeness (QED) is 0.453. The molecule has 20 heavy (non-hydrogen) atoms. The molecule has 0 saturated carbocycles. The highest BCUT2D eigenvalue weighted by atomic mass is 32.1. The smallest absolute Gasteiger partial charge is 0.333 e. The third kappa shape index (κ3) is 2.57. The summed E-state index contributed by atoms with van der Waals surface area (Å²) in [7, 11) is 0. The number of esters is 1. The third-order valence-electron chi connectivity index (χ3n) is 2.77. The Kier molecular flexibility index (Phi) is 3.26. The summed E-state index contributed by atoms with van der Waals surface area (Å²) in [6.07, 6.45) is 0. The number of carbonyl (C=O) groups excluding carboxylic acids is 1. The number of aromatic amines is 1. The second-order valence-electron chi connectivity index (χ2n) is 4.15. The first-order valence-corrected chi connectivity index (χ1v) is 6.30. The lowest BCUT2D eigenvalue weighted by Crippen LogP contribution is -2.17. The number of aromatic nitrogens is 4. The Bertz CT molecular complexity index is 824. The fourth-order valence-electron chi connectivity index (χ4n) is 1.84. The number of fused-ring (bicyclic) bond motifs is 1. The molecule has 0 radical (unpaired) electrons. The molecule has 0 saturated heterocycles. The highest BCUT2D eigenvalue weighted by Gasteiger charge is 2.08. The van der Waals surface area contributed by atoms with Crippen LogP contribution in [0.25, 0.3) is 10.8 Å². The van der Waals surface area contributed by atoms with E-state index < -0.39 is 5.97 Å². The minimum absolute atomic E-state index is 0.0569. The largest absolute Gasteiger partial charge is 0.425 e. The van der Waals surface area contributed by atoms with Gasteiger partial charge in [-0.1, -0.05) is 40.6 Å². The Morgan fingerprint density at radius 3 is 2.80 bits per heavy atom. The van der Waals surface area contributed by atoms with Crippen molar-refractivity contribution in [1.29, 1.82) is 0 Å². The number of tetrazole rings is 1. The Hall–Kier alpha value is -2.54. The summed E-state index contributed by atoms with van der Waals surface area (Å²) >= 11 is 4.88. The monoisotopic (exact) mass is 286 g/mol. The first-order valence-electron chi connectivity index (χ1n) is 5.90. The summed E-state index contributed by atoms with van der Waals surface area (Å²) < 4.78 is 6.81. The Labute approximate surface area is 119 Å². The zero-order valence-corrected chi connectivity index (χ0v) is 11.1. The van der Waals surface area contributed by atoms with Crippen LogP contribution in [0.4, 0.5) is 0 Å². The Morgan fingerprint density at radius 1 is 1.25 bits per heavy atom. The van der Waals surface area contributed by atoms with Crippen molar-refractivity contribution in [1.82, 2.24) is 20.2 Å². The molecule has 1 aromatic heterocycles. The Morgan fingerprint density at radius 2 is 2.05 bits per heavy atom. The molecule has 1 N–H and O–H groups in total. The lowest BCUT2D eigenvalue weighted by Gasteiger charge is -2.05. The lowest BCUT2D eigenvalue weighted by molar-refractivity contribution is -0.135. The summed E-state index contributed by atoms with van der Waals surface area (Å²) in [6.45, 7) is -0.0569. The second-order valence-corrected chi connectivity index (χ2v) is 4.52. The van der Waals surface area contributed by atoms with E-state index in [9.17, 15) is 4.79 Å². The van der Waals surface area contributed by atoms with Crippen LogP contribution in [0.1, 0.15) is 0 Å². The molecule has 0 fully saturated rings. The summed E-state index contributed by atoms with van der Waals surface area (Å²) in [6, 6.07) is 13.3. The van der Waals surface area contributed by atoms with Gasteiger partial charge in [0.15, 0.2) is 0 Å². The van der Waals surface area contributed by atoms with E-state index in [4.69, 9.17) is 17.0 Å². The van der Waals surface area contributed by atoms with Gasteiger partial charge >= 0.3 is 5.97 Å². The second kappa shape index (κ2) is 5.22. The van der Waals surface area contributed by atoms with Gasteiger partial charge in [0.2, 0.25) is 4.77 Å². The molecule has 7 heteroatoms. The summed E-state index contributed by atoms with van der Waals surface area (Å²) in [5, 5.41) is 11.7.